The molecule has 3 nitrogen and oxygen atoms in total. The summed E-state index contributed by atoms with van der Waals surface area (Å²) < 4.78 is 11.3. The third-order valence-electron chi connectivity index (χ3n) is 2.81. The van der Waals surface area contributed by atoms with Gasteiger partial charge in [0.25, 0.3) is 0 Å². The minimum absolute atomic E-state index is 0.283. The van der Waals surface area contributed by atoms with Gasteiger partial charge in [0.15, 0.2) is 0 Å². The van der Waals surface area contributed by atoms with Crippen molar-refractivity contribution in [3.63, 3.8) is 0 Å². The van der Waals surface area contributed by atoms with Gasteiger partial charge >= 0.3 is 0 Å². The van der Waals surface area contributed by atoms with E-state index in [1.165, 1.54) is 0 Å². The first-order valence-corrected chi connectivity index (χ1v) is 6.14. The molecule has 1 heterocycles. The molecule has 15 heavy (non-hydrogen) atoms. The SMILES string of the molecule is CCN1CCO[C@@H](COCCC(C)C)C1. The lowest BCUT2D eigenvalue weighted by Crippen LogP contribution is -2.44. The maximum absolute atomic E-state index is 5.65. The molecule has 90 valence electrons. The van der Waals surface area contributed by atoms with Crippen LogP contribution in [-0.2, 0) is 9.47 Å². The van der Waals surface area contributed by atoms with Gasteiger partial charge in [-0.1, -0.05) is 20.8 Å². The molecule has 1 fully saturated rings. The monoisotopic (exact) mass is 215 g/mol. The summed E-state index contributed by atoms with van der Waals surface area (Å²) in [6.45, 7) is 12.3. The number of ether oxygens (including phenoxy) is 2. The van der Waals surface area contributed by atoms with E-state index in [9.17, 15) is 0 Å². The summed E-state index contributed by atoms with van der Waals surface area (Å²) in [4.78, 5) is 2.42. The van der Waals surface area contributed by atoms with Gasteiger partial charge in [-0.05, 0) is 18.9 Å². The first-order chi connectivity index (χ1) is 7.22. The zero-order valence-electron chi connectivity index (χ0n) is 10.4. The number of hydrogen-bond acceptors (Lipinski definition) is 3. The Bertz CT molecular complexity index is 162. The summed E-state index contributed by atoms with van der Waals surface area (Å²) in [6.07, 6.45) is 1.43. The Kier molecular flexibility index (Phi) is 6.22. The van der Waals surface area contributed by atoms with Gasteiger partial charge in [0.05, 0.1) is 19.3 Å². The molecule has 0 spiro atoms. The van der Waals surface area contributed by atoms with Crippen LogP contribution in [0.4, 0.5) is 0 Å². The molecule has 1 atom stereocenters. The molecule has 0 unspecified atom stereocenters. The number of likely N-dealkylation sites (N-methyl/N-ethyl adjacent to an activating group) is 1. The van der Waals surface area contributed by atoms with Gasteiger partial charge in [-0.25, -0.2) is 0 Å². The molecule has 1 aliphatic rings. The summed E-state index contributed by atoms with van der Waals surface area (Å²) in [5.41, 5.74) is 0. The fourth-order valence-electron chi connectivity index (χ4n) is 1.70. The molecule has 0 aromatic carbocycles. The molecule has 1 aliphatic heterocycles. The van der Waals surface area contributed by atoms with Crippen molar-refractivity contribution >= 4 is 0 Å². The highest BCUT2D eigenvalue weighted by Crippen LogP contribution is 2.06. The van der Waals surface area contributed by atoms with E-state index in [1.54, 1.807) is 0 Å². The van der Waals surface area contributed by atoms with E-state index >= 15 is 0 Å². The lowest BCUT2D eigenvalue weighted by molar-refractivity contribution is -0.0688. The second-order valence-corrected chi connectivity index (χ2v) is 4.64. The van der Waals surface area contributed by atoms with Crippen LogP contribution < -0.4 is 0 Å². The molecule has 0 bridgehead atoms. The van der Waals surface area contributed by atoms with E-state index < -0.39 is 0 Å². The summed E-state index contributed by atoms with van der Waals surface area (Å²) >= 11 is 0. The van der Waals surface area contributed by atoms with Gasteiger partial charge in [0.1, 0.15) is 0 Å². The van der Waals surface area contributed by atoms with Crippen molar-refractivity contribution in [1.82, 2.24) is 4.90 Å². The van der Waals surface area contributed by atoms with E-state index in [1.807, 2.05) is 0 Å². The third-order valence-corrected chi connectivity index (χ3v) is 2.81. The Balaban J connectivity index is 2.05. The van der Waals surface area contributed by atoms with Gasteiger partial charge in [-0.2, -0.15) is 0 Å². The van der Waals surface area contributed by atoms with Gasteiger partial charge in [0.2, 0.25) is 0 Å². The van der Waals surface area contributed by atoms with Crippen LogP contribution >= 0.6 is 0 Å². The molecule has 0 aliphatic carbocycles. The molecular formula is C12H25NO2. The third kappa shape index (κ3) is 5.50. The van der Waals surface area contributed by atoms with E-state index in [-0.39, 0.29) is 6.10 Å². The Hall–Kier alpha value is -0.120. The van der Waals surface area contributed by atoms with Gasteiger partial charge in [0, 0.05) is 19.7 Å². The van der Waals surface area contributed by atoms with Crippen LogP contribution in [0.5, 0.6) is 0 Å². The van der Waals surface area contributed by atoms with Crippen molar-refractivity contribution in [3.05, 3.63) is 0 Å². The summed E-state index contributed by atoms with van der Waals surface area (Å²) in [7, 11) is 0. The van der Waals surface area contributed by atoms with Gasteiger partial charge < -0.3 is 9.47 Å². The molecular weight excluding hydrogens is 190 g/mol. The smallest absolute Gasteiger partial charge is 0.0935 e. The van der Waals surface area contributed by atoms with Crippen LogP contribution in [0.1, 0.15) is 27.2 Å². The average Bonchev–Trinajstić information content (AvgIpc) is 2.24. The van der Waals surface area contributed by atoms with Crippen molar-refractivity contribution in [1.29, 1.82) is 0 Å². The van der Waals surface area contributed by atoms with E-state index in [0.717, 1.165) is 51.8 Å². The topological polar surface area (TPSA) is 21.7 Å². The van der Waals surface area contributed by atoms with Crippen LogP contribution in [0.25, 0.3) is 0 Å². The van der Waals surface area contributed by atoms with Gasteiger partial charge in [-0.3, -0.25) is 4.90 Å². The maximum atomic E-state index is 5.65. The van der Waals surface area contributed by atoms with Crippen LogP contribution in [0.2, 0.25) is 0 Å². The zero-order valence-corrected chi connectivity index (χ0v) is 10.4. The highest BCUT2D eigenvalue weighted by molar-refractivity contribution is 4.69. The lowest BCUT2D eigenvalue weighted by atomic mass is 10.1. The fraction of sp³-hybridized carbons (Fsp3) is 1.00. The molecule has 0 N–H and O–H groups in total. The maximum Gasteiger partial charge on any atom is 0.0935 e. The first-order valence-electron chi connectivity index (χ1n) is 6.14. The molecule has 1 rings (SSSR count). The van der Waals surface area contributed by atoms with Crippen molar-refractivity contribution < 1.29 is 9.47 Å². The quantitative estimate of drug-likeness (QED) is 0.630. The molecule has 0 aromatic rings. The van der Waals surface area contributed by atoms with Crippen molar-refractivity contribution in [2.75, 3.05) is 39.5 Å². The Morgan fingerprint density at radius 2 is 2.27 bits per heavy atom. The number of hydrogen-bond donors (Lipinski definition) is 0. The van der Waals surface area contributed by atoms with Crippen LogP contribution in [0, 0.1) is 5.92 Å². The molecule has 0 saturated carbocycles. The number of rotatable bonds is 6. The molecule has 3 heteroatoms. The zero-order chi connectivity index (χ0) is 11.1. The highest BCUT2D eigenvalue weighted by Gasteiger charge is 2.18. The van der Waals surface area contributed by atoms with Gasteiger partial charge in [-0.15, -0.1) is 0 Å². The van der Waals surface area contributed by atoms with Crippen molar-refractivity contribution in [2.24, 2.45) is 5.92 Å². The largest absolute Gasteiger partial charge is 0.379 e. The second kappa shape index (κ2) is 7.20. The fourth-order valence-corrected chi connectivity index (χ4v) is 1.70. The molecule has 0 amide bonds. The van der Waals surface area contributed by atoms with Crippen molar-refractivity contribution in [2.45, 2.75) is 33.3 Å². The standard InChI is InChI=1S/C12H25NO2/c1-4-13-6-8-15-12(9-13)10-14-7-5-11(2)3/h11-12H,4-10H2,1-3H3/t12-/m1/s1. The van der Waals surface area contributed by atoms with E-state index in [0.29, 0.717) is 0 Å². The van der Waals surface area contributed by atoms with Crippen molar-refractivity contribution in [3.8, 4) is 0 Å². The Labute approximate surface area is 93.7 Å². The lowest BCUT2D eigenvalue weighted by Gasteiger charge is -2.31. The Morgan fingerprint density at radius 1 is 1.47 bits per heavy atom. The summed E-state index contributed by atoms with van der Waals surface area (Å²) in [6, 6.07) is 0. The van der Waals surface area contributed by atoms with Crippen LogP contribution in [0.15, 0.2) is 0 Å². The number of morpholine rings is 1. The summed E-state index contributed by atoms with van der Waals surface area (Å²) in [5, 5.41) is 0. The Morgan fingerprint density at radius 3 is 2.93 bits per heavy atom. The average molecular weight is 215 g/mol. The predicted molar refractivity (Wildman–Crippen MR) is 62.1 cm³/mol. The number of nitrogens with zero attached hydrogens (tertiary/aromatic N) is 1. The second-order valence-electron chi connectivity index (χ2n) is 4.64. The first kappa shape index (κ1) is 12.9. The normalized spacial score (nSPS) is 23.6. The van der Waals surface area contributed by atoms with Crippen LogP contribution in [-0.4, -0.2) is 50.5 Å². The molecule has 0 radical (unpaired) electrons. The minimum Gasteiger partial charge on any atom is -0.379 e. The predicted octanol–water partition coefficient (Wildman–Crippen LogP) is 1.77. The highest BCUT2D eigenvalue weighted by atomic mass is 16.5. The molecule has 1 saturated heterocycles. The van der Waals surface area contributed by atoms with E-state index in [4.69, 9.17) is 9.47 Å². The summed E-state index contributed by atoms with van der Waals surface area (Å²) in [5.74, 6) is 0.726. The van der Waals surface area contributed by atoms with Crippen LogP contribution in [0.3, 0.4) is 0 Å². The van der Waals surface area contributed by atoms with E-state index in [2.05, 4.69) is 25.7 Å². The molecule has 0 aromatic heterocycles. The minimum atomic E-state index is 0.283.